The molecule has 2 amide bonds. The van der Waals surface area contributed by atoms with Gasteiger partial charge in [0.15, 0.2) is 17.7 Å². The third-order valence-electron chi connectivity index (χ3n) is 2.53. The van der Waals surface area contributed by atoms with E-state index in [1.807, 2.05) is 0 Å². The molecule has 2 rings (SSSR count). The van der Waals surface area contributed by atoms with Crippen molar-refractivity contribution in [1.29, 1.82) is 0 Å². The first-order valence-electron chi connectivity index (χ1n) is 6.39. The number of nitrogens with one attached hydrogen (secondary N) is 2. The van der Waals surface area contributed by atoms with E-state index in [1.165, 1.54) is 18.4 Å². The number of thiazole rings is 1. The molecule has 0 spiro atoms. The van der Waals surface area contributed by atoms with Crippen molar-refractivity contribution >= 4 is 59.2 Å². The average Bonchev–Trinajstić information content (AvgIpc) is 3.11. The Labute approximate surface area is 159 Å². The van der Waals surface area contributed by atoms with Crippen molar-refractivity contribution in [3.05, 3.63) is 23.3 Å². The van der Waals surface area contributed by atoms with Crippen LogP contribution in [-0.4, -0.2) is 30.0 Å². The van der Waals surface area contributed by atoms with Crippen LogP contribution < -0.4 is 27.8 Å². The van der Waals surface area contributed by atoms with Crippen LogP contribution in [-0.2, 0) is 6.54 Å². The van der Waals surface area contributed by atoms with E-state index in [4.69, 9.17) is 21.6 Å². The Morgan fingerprint density at radius 3 is 2.64 bits per heavy atom. The second-order valence-electron chi connectivity index (χ2n) is 4.23. The number of aromatic nitrogens is 1. The van der Waals surface area contributed by atoms with E-state index in [-0.39, 0.29) is 36.7 Å². The Morgan fingerprint density at radius 1 is 1.32 bits per heavy atom. The number of furan rings is 1. The third kappa shape index (κ3) is 6.87. The summed E-state index contributed by atoms with van der Waals surface area (Å²) in [6.07, 6.45) is 0. The Morgan fingerprint density at radius 2 is 2.04 bits per heavy atom. The van der Waals surface area contributed by atoms with E-state index in [0.717, 1.165) is 0 Å². The lowest BCUT2D eigenvalue weighted by atomic mass is 10.3. The first-order chi connectivity index (χ1) is 11.0. The van der Waals surface area contributed by atoms with Gasteiger partial charge in [0.1, 0.15) is 11.5 Å². The molecular formula is C12H18Cl2N8O2S. The zero-order valence-corrected chi connectivity index (χ0v) is 15.5. The summed E-state index contributed by atoms with van der Waals surface area (Å²) in [6.45, 7) is 0.317. The van der Waals surface area contributed by atoms with Crippen molar-refractivity contribution in [1.82, 2.24) is 15.6 Å². The van der Waals surface area contributed by atoms with E-state index in [2.05, 4.69) is 25.6 Å². The number of rotatable bonds is 4. The molecule has 10 nitrogen and oxygen atoms in total. The quantitative estimate of drug-likeness (QED) is 0.371. The monoisotopic (exact) mass is 408 g/mol. The Bertz CT molecular complexity index is 754. The first-order valence-corrected chi connectivity index (χ1v) is 7.27. The summed E-state index contributed by atoms with van der Waals surface area (Å²) in [6, 6.07) is 2.85. The molecule has 0 saturated carbocycles. The number of hydrogen-bond donors (Lipinski definition) is 5. The number of guanidine groups is 2. The number of amides is 2. The summed E-state index contributed by atoms with van der Waals surface area (Å²) < 4.78 is 5.66. The fourth-order valence-corrected chi connectivity index (χ4v) is 2.31. The number of hydrogen-bond acceptors (Lipinski definition) is 6. The summed E-state index contributed by atoms with van der Waals surface area (Å²) in [4.78, 5) is 22.7. The highest BCUT2D eigenvalue weighted by Gasteiger charge is 2.10. The first kappa shape index (κ1) is 22.5. The van der Waals surface area contributed by atoms with E-state index in [1.54, 1.807) is 17.5 Å². The topological polar surface area (TPSA) is 170 Å². The van der Waals surface area contributed by atoms with Crippen LogP contribution in [0, 0.1) is 0 Å². The van der Waals surface area contributed by atoms with Crippen molar-refractivity contribution < 1.29 is 9.21 Å². The molecule has 25 heavy (non-hydrogen) atoms. The van der Waals surface area contributed by atoms with Gasteiger partial charge < -0.3 is 26.9 Å². The van der Waals surface area contributed by atoms with Crippen LogP contribution in [0.25, 0.3) is 11.5 Å². The molecule has 13 heteroatoms. The van der Waals surface area contributed by atoms with Gasteiger partial charge in [-0.2, -0.15) is 4.99 Å². The fraction of sp³-hybridized carbons (Fsp3) is 0.167. The molecule has 2 aromatic rings. The van der Waals surface area contributed by atoms with Crippen LogP contribution in [0.4, 0.5) is 9.93 Å². The summed E-state index contributed by atoms with van der Waals surface area (Å²) in [5.41, 5.74) is 16.3. The molecule has 2 heterocycles. The molecule has 8 N–H and O–H groups in total. The lowest BCUT2D eigenvalue weighted by molar-refractivity contribution is 0.252. The Hall–Kier alpha value is -2.50. The number of nitrogens with zero attached hydrogens (tertiary/aromatic N) is 3. The molecule has 0 fully saturated rings. The van der Waals surface area contributed by atoms with Crippen molar-refractivity contribution in [2.45, 2.75) is 6.54 Å². The average molecular weight is 409 g/mol. The minimum atomic E-state index is -0.701. The molecule has 2 aromatic heterocycles. The smallest absolute Gasteiger partial charge is 0.318 e. The zero-order chi connectivity index (χ0) is 16.8. The van der Waals surface area contributed by atoms with Crippen molar-refractivity contribution in [3.8, 4) is 11.5 Å². The summed E-state index contributed by atoms with van der Waals surface area (Å²) in [5, 5.41) is 7.46. The van der Waals surface area contributed by atoms with Crippen LogP contribution >= 0.6 is 36.2 Å². The number of urea groups is 1. The number of nitrogens with two attached hydrogens (primary N) is 3. The van der Waals surface area contributed by atoms with Crippen LogP contribution in [0.15, 0.2) is 31.9 Å². The van der Waals surface area contributed by atoms with Gasteiger partial charge in [-0.25, -0.2) is 9.78 Å². The number of carbonyl (C=O) groups excluding carboxylic acids is 1. The Kier molecular flexibility index (Phi) is 9.34. The molecule has 0 atom stereocenters. The molecule has 138 valence electrons. The van der Waals surface area contributed by atoms with Gasteiger partial charge in [0.2, 0.25) is 5.13 Å². The molecule has 0 aromatic carbocycles. The maximum atomic E-state index is 10.8. The van der Waals surface area contributed by atoms with Gasteiger partial charge in [-0.05, 0) is 12.1 Å². The summed E-state index contributed by atoms with van der Waals surface area (Å²) in [7, 11) is 1.52. The van der Waals surface area contributed by atoms with Crippen LogP contribution in [0.1, 0.15) is 5.76 Å². The predicted molar refractivity (Wildman–Crippen MR) is 103 cm³/mol. The van der Waals surface area contributed by atoms with Gasteiger partial charge in [0, 0.05) is 12.4 Å². The van der Waals surface area contributed by atoms with Crippen LogP contribution in [0.5, 0.6) is 0 Å². The largest absolute Gasteiger partial charge is 0.458 e. The van der Waals surface area contributed by atoms with Crippen LogP contribution in [0.2, 0.25) is 0 Å². The van der Waals surface area contributed by atoms with E-state index in [9.17, 15) is 4.79 Å². The third-order valence-corrected chi connectivity index (χ3v) is 3.26. The van der Waals surface area contributed by atoms with E-state index >= 15 is 0 Å². The zero-order valence-electron chi connectivity index (χ0n) is 13.1. The number of halogens is 2. The van der Waals surface area contributed by atoms with Crippen molar-refractivity contribution in [3.63, 3.8) is 0 Å². The number of aliphatic imine (C=N–C) groups is 2. The Balaban J connectivity index is 0.00000288. The lowest BCUT2D eigenvalue weighted by Gasteiger charge is -2.07. The highest BCUT2D eigenvalue weighted by Crippen LogP contribution is 2.27. The number of carbonyl (C=O) groups is 1. The SMILES string of the molecule is CN=C(NCc1ccc(-c2csc(N=C(N)N)n2)o1)NC(N)=O.Cl.Cl. The van der Waals surface area contributed by atoms with Crippen molar-refractivity contribution in [2.75, 3.05) is 7.05 Å². The summed E-state index contributed by atoms with van der Waals surface area (Å²) in [5.74, 6) is 1.40. The van der Waals surface area contributed by atoms with Gasteiger partial charge in [0.25, 0.3) is 0 Å². The minimum Gasteiger partial charge on any atom is -0.458 e. The highest BCUT2D eigenvalue weighted by atomic mass is 35.5. The second kappa shape index (κ2) is 10.4. The van der Waals surface area contributed by atoms with E-state index < -0.39 is 6.03 Å². The van der Waals surface area contributed by atoms with Gasteiger partial charge in [0.05, 0.1) is 6.54 Å². The van der Waals surface area contributed by atoms with Gasteiger partial charge in [-0.1, -0.05) is 0 Å². The van der Waals surface area contributed by atoms with E-state index in [0.29, 0.717) is 28.9 Å². The van der Waals surface area contributed by atoms with Gasteiger partial charge in [-0.15, -0.1) is 36.2 Å². The molecule has 0 radical (unpaired) electrons. The molecule has 0 aliphatic heterocycles. The standard InChI is InChI=1S/C12H16N8O2S.2ClH/c1-16-11(20-10(15)21)17-4-6-2-3-8(22-6)7-5-23-12(18-7)19-9(13)14;;/h2-3,5H,4H2,1H3,(H4,13,14,18,19)(H4,15,16,17,20,21);2*1H. The molecule has 0 unspecified atom stereocenters. The highest BCUT2D eigenvalue weighted by molar-refractivity contribution is 7.13. The summed E-state index contributed by atoms with van der Waals surface area (Å²) >= 11 is 1.30. The predicted octanol–water partition coefficient (Wildman–Crippen LogP) is 0.895. The van der Waals surface area contributed by atoms with Gasteiger partial charge >= 0.3 is 6.03 Å². The fourth-order valence-electron chi connectivity index (χ4n) is 1.62. The molecule has 0 aliphatic rings. The van der Waals surface area contributed by atoms with Gasteiger partial charge in [-0.3, -0.25) is 10.3 Å². The lowest BCUT2D eigenvalue weighted by Crippen LogP contribution is -2.43. The maximum absolute atomic E-state index is 10.8. The molecule has 0 saturated heterocycles. The molecule has 0 aliphatic carbocycles. The molecule has 0 bridgehead atoms. The van der Waals surface area contributed by atoms with Crippen LogP contribution in [0.3, 0.4) is 0 Å². The molecular weight excluding hydrogens is 391 g/mol. The number of primary amides is 1. The van der Waals surface area contributed by atoms with Crippen molar-refractivity contribution in [2.24, 2.45) is 27.2 Å². The normalized spacial score (nSPS) is 10.2. The second-order valence-corrected chi connectivity index (χ2v) is 5.07. The minimum absolute atomic E-state index is 0. The maximum Gasteiger partial charge on any atom is 0.318 e.